The third kappa shape index (κ3) is 4.42. The summed E-state index contributed by atoms with van der Waals surface area (Å²) in [5.41, 5.74) is 1.90. The molecule has 0 radical (unpaired) electrons. The van der Waals surface area contributed by atoms with Crippen molar-refractivity contribution in [3.8, 4) is 11.3 Å². The average Bonchev–Trinajstić information content (AvgIpc) is 3.21. The lowest BCUT2D eigenvalue weighted by Crippen LogP contribution is -2.42. The maximum atomic E-state index is 13.6. The van der Waals surface area contributed by atoms with Crippen LogP contribution in [0.5, 0.6) is 0 Å². The second kappa shape index (κ2) is 9.19. The molecule has 0 N–H and O–H groups in total. The minimum atomic E-state index is -4.67. The Morgan fingerprint density at radius 3 is 2.33 bits per heavy atom. The number of anilines is 1. The van der Waals surface area contributed by atoms with Crippen LogP contribution in [0, 0.1) is 12.3 Å². The molecule has 188 valence electrons. The van der Waals surface area contributed by atoms with Crippen molar-refractivity contribution in [2.24, 2.45) is 5.41 Å². The molecule has 1 aliphatic heterocycles. The molecule has 0 atom stereocenters. The van der Waals surface area contributed by atoms with Gasteiger partial charge in [0.25, 0.3) is 0 Å². The summed E-state index contributed by atoms with van der Waals surface area (Å²) in [4.78, 5) is 27.5. The number of aromatic nitrogens is 3. The van der Waals surface area contributed by atoms with Crippen LogP contribution in [-0.2, 0) is 23.8 Å². The minimum absolute atomic E-state index is 0.0260. The van der Waals surface area contributed by atoms with Crippen LogP contribution in [-0.4, -0.2) is 40.6 Å². The monoisotopic (exact) mass is 496 g/mol. The van der Waals surface area contributed by atoms with E-state index in [2.05, 4.69) is 39.2 Å². The predicted octanol–water partition coefficient (Wildman–Crippen LogP) is 5.43. The zero-order valence-corrected chi connectivity index (χ0v) is 20.2. The highest BCUT2D eigenvalue weighted by Gasteiger charge is 2.41. The number of fused-ring (bicyclic) bond motifs is 1. The Balaban J connectivity index is 1.48. The number of hydrogen-bond donors (Lipinski definition) is 0. The third-order valence-corrected chi connectivity index (χ3v) is 7.22. The fourth-order valence-corrected chi connectivity index (χ4v) is 5.46. The van der Waals surface area contributed by atoms with Gasteiger partial charge in [-0.1, -0.05) is 24.3 Å². The van der Waals surface area contributed by atoms with E-state index >= 15 is 0 Å². The zero-order chi connectivity index (χ0) is 25.5. The Morgan fingerprint density at radius 2 is 1.72 bits per heavy atom. The van der Waals surface area contributed by atoms with Gasteiger partial charge in [0.2, 0.25) is 0 Å². The topological polar surface area (TPSA) is 68.2 Å². The summed E-state index contributed by atoms with van der Waals surface area (Å²) in [7, 11) is 0. The Bertz CT molecular complexity index is 1270. The summed E-state index contributed by atoms with van der Waals surface area (Å²) in [6.45, 7) is 4.74. The summed E-state index contributed by atoms with van der Waals surface area (Å²) in [6.07, 6.45) is 0.327. The van der Waals surface area contributed by atoms with Crippen molar-refractivity contribution in [3.05, 3.63) is 70.8 Å². The lowest BCUT2D eigenvalue weighted by molar-refractivity contribution is -0.140. The molecule has 0 bridgehead atoms. The number of carbonyl (C=O) groups excluding carboxylic acids is 1. The van der Waals surface area contributed by atoms with Gasteiger partial charge in [0.1, 0.15) is 0 Å². The second-order valence-electron chi connectivity index (χ2n) is 9.56. The van der Waals surface area contributed by atoms with E-state index in [0.29, 0.717) is 24.6 Å². The van der Waals surface area contributed by atoms with E-state index in [1.807, 2.05) is 4.90 Å². The molecule has 36 heavy (non-hydrogen) atoms. The number of aryl methyl sites for hydroxylation is 1. The second-order valence-corrected chi connectivity index (χ2v) is 9.56. The standard InChI is InChI=1S/C27H27F3N4O2/c1-3-36-25(35)22-24(32-17(2)21(33-22)20-9-6-12-31-23(20)27(28,29)30)34-13-10-26(11-14-34)15-18-7-4-5-8-19(18)16-26/h4-9,12H,3,10-11,13-16H2,1-2H3. The van der Waals surface area contributed by atoms with Crippen molar-refractivity contribution in [3.63, 3.8) is 0 Å². The number of carbonyl (C=O) groups is 1. The molecule has 1 saturated heterocycles. The van der Waals surface area contributed by atoms with Crippen LogP contribution >= 0.6 is 0 Å². The molecule has 1 aliphatic carbocycles. The molecule has 6 nitrogen and oxygen atoms in total. The number of piperidine rings is 1. The first-order valence-electron chi connectivity index (χ1n) is 12.1. The van der Waals surface area contributed by atoms with E-state index in [4.69, 9.17) is 4.74 Å². The Kier molecular flexibility index (Phi) is 6.18. The number of esters is 1. The fourth-order valence-electron chi connectivity index (χ4n) is 5.46. The van der Waals surface area contributed by atoms with E-state index in [9.17, 15) is 18.0 Å². The third-order valence-electron chi connectivity index (χ3n) is 7.22. The summed E-state index contributed by atoms with van der Waals surface area (Å²) in [5.74, 6) is -0.343. The molecule has 1 spiro atoms. The molecular weight excluding hydrogens is 469 g/mol. The van der Waals surface area contributed by atoms with Crippen LogP contribution in [0.4, 0.5) is 19.0 Å². The Morgan fingerprint density at radius 1 is 1.06 bits per heavy atom. The Labute approximate surface area is 207 Å². The van der Waals surface area contributed by atoms with E-state index in [1.54, 1.807) is 13.8 Å². The fraction of sp³-hybridized carbons (Fsp3) is 0.407. The zero-order valence-electron chi connectivity index (χ0n) is 20.2. The van der Waals surface area contributed by atoms with Crippen molar-refractivity contribution in [2.45, 2.75) is 45.7 Å². The summed E-state index contributed by atoms with van der Waals surface area (Å²) >= 11 is 0. The van der Waals surface area contributed by atoms with Crippen molar-refractivity contribution in [2.75, 3.05) is 24.6 Å². The van der Waals surface area contributed by atoms with Gasteiger partial charge in [0, 0.05) is 24.8 Å². The average molecular weight is 497 g/mol. The SMILES string of the molecule is CCOC(=O)c1nc(-c2cccnc2C(F)(F)F)c(C)nc1N1CCC2(CC1)Cc1ccccc1C2. The molecule has 0 saturated carbocycles. The molecule has 3 heterocycles. The van der Waals surface area contributed by atoms with Gasteiger partial charge in [-0.3, -0.25) is 4.98 Å². The number of rotatable bonds is 4. The number of halogens is 3. The number of hydrogen-bond acceptors (Lipinski definition) is 6. The quantitative estimate of drug-likeness (QED) is 0.449. The van der Waals surface area contributed by atoms with Crippen molar-refractivity contribution in [1.82, 2.24) is 15.0 Å². The first kappa shape index (κ1) is 24.2. The van der Waals surface area contributed by atoms with Gasteiger partial charge >= 0.3 is 12.1 Å². The van der Waals surface area contributed by atoms with Crippen molar-refractivity contribution in [1.29, 1.82) is 0 Å². The van der Waals surface area contributed by atoms with Crippen LogP contribution in [0.15, 0.2) is 42.6 Å². The molecule has 0 amide bonds. The molecule has 2 aromatic heterocycles. The van der Waals surface area contributed by atoms with Gasteiger partial charge in [-0.2, -0.15) is 13.2 Å². The molecule has 9 heteroatoms. The van der Waals surface area contributed by atoms with E-state index in [-0.39, 0.29) is 29.0 Å². The van der Waals surface area contributed by atoms with Gasteiger partial charge in [0.15, 0.2) is 17.2 Å². The molecule has 2 aliphatic rings. The van der Waals surface area contributed by atoms with Crippen molar-refractivity contribution < 1.29 is 22.7 Å². The molecule has 3 aromatic rings. The van der Waals surface area contributed by atoms with E-state index < -0.39 is 17.8 Å². The highest BCUT2D eigenvalue weighted by Crippen LogP contribution is 2.45. The number of benzene rings is 1. The van der Waals surface area contributed by atoms with Gasteiger partial charge < -0.3 is 9.64 Å². The first-order valence-corrected chi connectivity index (χ1v) is 12.1. The molecule has 1 aromatic carbocycles. The van der Waals surface area contributed by atoms with Crippen LogP contribution < -0.4 is 4.90 Å². The minimum Gasteiger partial charge on any atom is -0.461 e. The normalized spacial score (nSPS) is 16.8. The molecule has 0 unspecified atom stereocenters. The van der Waals surface area contributed by atoms with Gasteiger partial charge in [0.05, 0.1) is 18.0 Å². The van der Waals surface area contributed by atoms with E-state index in [1.165, 1.54) is 23.3 Å². The summed E-state index contributed by atoms with van der Waals surface area (Å²) in [5, 5.41) is 0. The number of nitrogens with zero attached hydrogens (tertiary/aromatic N) is 4. The smallest absolute Gasteiger partial charge is 0.434 e. The van der Waals surface area contributed by atoms with Crippen LogP contribution in [0.3, 0.4) is 0 Å². The first-order chi connectivity index (χ1) is 17.2. The molecule has 1 fully saturated rings. The van der Waals surface area contributed by atoms with Gasteiger partial charge in [-0.25, -0.2) is 14.8 Å². The number of pyridine rings is 1. The summed E-state index contributed by atoms with van der Waals surface area (Å²) in [6, 6.07) is 11.2. The lowest BCUT2D eigenvalue weighted by atomic mass is 9.76. The number of ether oxygens (including phenoxy) is 1. The maximum Gasteiger partial charge on any atom is 0.434 e. The largest absolute Gasteiger partial charge is 0.461 e. The highest BCUT2D eigenvalue weighted by molar-refractivity contribution is 5.93. The van der Waals surface area contributed by atoms with Crippen LogP contribution in [0.1, 0.15) is 52.8 Å². The molecular formula is C27H27F3N4O2. The van der Waals surface area contributed by atoms with Gasteiger partial charge in [-0.15, -0.1) is 0 Å². The maximum absolute atomic E-state index is 13.6. The summed E-state index contributed by atoms with van der Waals surface area (Å²) < 4.78 is 46.2. The molecule has 5 rings (SSSR count). The van der Waals surface area contributed by atoms with Crippen LogP contribution in [0.25, 0.3) is 11.3 Å². The Hall–Kier alpha value is -3.49. The predicted molar refractivity (Wildman–Crippen MR) is 129 cm³/mol. The van der Waals surface area contributed by atoms with Crippen molar-refractivity contribution >= 4 is 11.8 Å². The highest BCUT2D eigenvalue weighted by atomic mass is 19.4. The van der Waals surface area contributed by atoms with Gasteiger partial charge in [-0.05, 0) is 68.2 Å². The lowest BCUT2D eigenvalue weighted by Gasteiger charge is -2.40. The number of alkyl halides is 3. The van der Waals surface area contributed by atoms with E-state index in [0.717, 1.165) is 31.9 Å². The van der Waals surface area contributed by atoms with Crippen LogP contribution in [0.2, 0.25) is 0 Å².